The summed E-state index contributed by atoms with van der Waals surface area (Å²) in [6, 6.07) is 2.02. The first-order valence-electron chi connectivity index (χ1n) is 2.86. The van der Waals surface area contributed by atoms with E-state index in [9.17, 15) is 8.78 Å². The summed E-state index contributed by atoms with van der Waals surface area (Å²) in [6.45, 7) is 0. The fourth-order valence-corrected chi connectivity index (χ4v) is 0.668. The molecule has 0 unspecified atom stereocenters. The van der Waals surface area contributed by atoms with Gasteiger partial charge >= 0.3 is 0 Å². The van der Waals surface area contributed by atoms with Crippen LogP contribution in [0.1, 0.15) is 5.56 Å². The zero-order valence-electron chi connectivity index (χ0n) is 5.57. The number of rotatable bonds is 0. The quantitative estimate of drug-likeness (QED) is 0.444. The zero-order valence-corrected chi connectivity index (χ0v) is 5.57. The van der Waals surface area contributed by atoms with Gasteiger partial charge in [-0.25, -0.2) is 8.78 Å². The Balaban J connectivity index is 3.35. The molecule has 0 amide bonds. The number of hydrogen-bond donors (Lipinski definition) is 1. The van der Waals surface area contributed by atoms with Crippen LogP contribution < -0.4 is 5.73 Å². The SMILES string of the molecule is C#Cc1cc(F)c(N)c(F)c1. The Morgan fingerprint density at radius 3 is 2.09 bits per heavy atom. The van der Waals surface area contributed by atoms with Crippen molar-refractivity contribution in [2.75, 3.05) is 5.73 Å². The van der Waals surface area contributed by atoms with Crippen molar-refractivity contribution in [1.82, 2.24) is 0 Å². The van der Waals surface area contributed by atoms with Crippen molar-refractivity contribution in [2.24, 2.45) is 0 Å². The van der Waals surface area contributed by atoms with E-state index in [1.165, 1.54) is 0 Å². The molecule has 0 atom stereocenters. The molecule has 0 radical (unpaired) electrons. The molecule has 56 valence electrons. The minimum Gasteiger partial charge on any atom is -0.394 e. The van der Waals surface area contributed by atoms with Gasteiger partial charge in [0.05, 0.1) is 0 Å². The smallest absolute Gasteiger partial charge is 0.150 e. The molecule has 0 saturated heterocycles. The van der Waals surface area contributed by atoms with Gasteiger partial charge in [0.2, 0.25) is 0 Å². The number of halogens is 2. The van der Waals surface area contributed by atoms with Gasteiger partial charge in [0.1, 0.15) is 17.3 Å². The Hall–Kier alpha value is -1.56. The van der Waals surface area contributed by atoms with Crippen molar-refractivity contribution in [3.63, 3.8) is 0 Å². The number of nitrogen functional groups attached to an aromatic ring is 1. The van der Waals surface area contributed by atoms with Crippen LogP contribution in [0.25, 0.3) is 0 Å². The minimum absolute atomic E-state index is 0.147. The number of anilines is 1. The van der Waals surface area contributed by atoms with Crippen molar-refractivity contribution in [3.8, 4) is 12.3 Å². The lowest BCUT2D eigenvalue weighted by Gasteiger charge is -1.98. The third-order valence-corrected chi connectivity index (χ3v) is 1.25. The van der Waals surface area contributed by atoms with Crippen molar-refractivity contribution in [3.05, 3.63) is 29.3 Å². The molecule has 0 aliphatic heterocycles. The largest absolute Gasteiger partial charge is 0.394 e. The second kappa shape index (κ2) is 2.59. The van der Waals surface area contributed by atoms with Crippen molar-refractivity contribution in [2.45, 2.75) is 0 Å². The molecule has 0 aliphatic carbocycles. The molecule has 0 spiro atoms. The maximum atomic E-state index is 12.6. The summed E-state index contributed by atoms with van der Waals surface area (Å²) in [5, 5.41) is 0. The van der Waals surface area contributed by atoms with Crippen LogP contribution in [0.15, 0.2) is 12.1 Å². The van der Waals surface area contributed by atoms with Gasteiger partial charge in [-0.1, -0.05) is 5.92 Å². The summed E-state index contributed by atoms with van der Waals surface area (Å²) < 4.78 is 25.1. The average Bonchev–Trinajstić information content (AvgIpc) is 1.99. The monoisotopic (exact) mass is 153 g/mol. The van der Waals surface area contributed by atoms with E-state index < -0.39 is 17.3 Å². The van der Waals surface area contributed by atoms with Crippen LogP contribution in [0.3, 0.4) is 0 Å². The van der Waals surface area contributed by atoms with Gasteiger partial charge in [-0.15, -0.1) is 6.42 Å². The summed E-state index contributed by atoms with van der Waals surface area (Å²) in [5.41, 5.74) is 4.64. The van der Waals surface area contributed by atoms with Gasteiger partial charge in [-0.3, -0.25) is 0 Å². The molecule has 1 aromatic rings. The summed E-state index contributed by atoms with van der Waals surface area (Å²) in [6.07, 6.45) is 4.91. The number of hydrogen-bond acceptors (Lipinski definition) is 1. The maximum Gasteiger partial charge on any atom is 0.150 e. The van der Waals surface area contributed by atoms with Crippen molar-refractivity contribution in [1.29, 1.82) is 0 Å². The van der Waals surface area contributed by atoms with Gasteiger partial charge in [0.15, 0.2) is 0 Å². The van der Waals surface area contributed by atoms with Gasteiger partial charge < -0.3 is 5.73 Å². The highest BCUT2D eigenvalue weighted by Crippen LogP contribution is 2.16. The third kappa shape index (κ3) is 1.30. The highest BCUT2D eigenvalue weighted by Gasteiger charge is 2.05. The summed E-state index contributed by atoms with van der Waals surface area (Å²) in [5.74, 6) is 0.458. The van der Waals surface area contributed by atoms with E-state index in [-0.39, 0.29) is 5.56 Å². The van der Waals surface area contributed by atoms with Crippen LogP contribution in [-0.4, -0.2) is 0 Å². The van der Waals surface area contributed by atoms with E-state index in [1.807, 2.05) is 0 Å². The molecule has 3 heteroatoms. The normalized spacial score (nSPS) is 9.18. The summed E-state index contributed by atoms with van der Waals surface area (Å²) in [7, 11) is 0. The molecular formula is C8H5F2N. The first-order chi connectivity index (χ1) is 5.15. The molecule has 2 N–H and O–H groups in total. The molecular weight excluding hydrogens is 148 g/mol. The Morgan fingerprint density at radius 1 is 1.27 bits per heavy atom. The lowest BCUT2D eigenvalue weighted by molar-refractivity contribution is 0.591. The van der Waals surface area contributed by atoms with Crippen molar-refractivity contribution >= 4 is 5.69 Å². The number of terminal acetylenes is 1. The van der Waals surface area contributed by atoms with Crippen molar-refractivity contribution < 1.29 is 8.78 Å². The molecule has 1 rings (SSSR count). The average molecular weight is 153 g/mol. The molecule has 0 heterocycles. The van der Waals surface area contributed by atoms with E-state index >= 15 is 0 Å². The first kappa shape index (κ1) is 7.55. The zero-order chi connectivity index (χ0) is 8.43. The molecule has 1 aromatic carbocycles. The first-order valence-corrected chi connectivity index (χ1v) is 2.86. The second-order valence-electron chi connectivity index (χ2n) is 2.00. The molecule has 0 aliphatic rings. The number of benzene rings is 1. The number of nitrogens with two attached hydrogens (primary N) is 1. The van der Waals surface area contributed by atoms with Crippen LogP contribution in [0.5, 0.6) is 0 Å². The Bertz CT molecular complexity index is 302. The van der Waals surface area contributed by atoms with E-state index in [0.717, 1.165) is 12.1 Å². The predicted molar refractivity (Wildman–Crippen MR) is 38.7 cm³/mol. The van der Waals surface area contributed by atoms with Crippen LogP contribution in [0, 0.1) is 24.0 Å². The lowest BCUT2D eigenvalue weighted by Crippen LogP contribution is -1.95. The predicted octanol–water partition coefficient (Wildman–Crippen LogP) is 1.53. The second-order valence-corrected chi connectivity index (χ2v) is 2.00. The fourth-order valence-electron chi connectivity index (χ4n) is 0.668. The lowest BCUT2D eigenvalue weighted by atomic mass is 10.2. The summed E-state index contributed by atoms with van der Waals surface area (Å²) >= 11 is 0. The summed E-state index contributed by atoms with van der Waals surface area (Å²) in [4.78, 5) is 0. The molecule has 0 fully saturated rings. The van der Waals surface area contributed by atoms with E-state index in [1.54, 1.807) is 0 Å². The topological polar surface area (TPSA) is 26.0 Å². The highest BCUT2D eigenvalue weighted by molar-refractivity contribution is 5.47. The van der Waals surface area contributed by atoms with Gasteiger partial charge in [0.25, 0.3) is 0 Å². The molecule has 0 aromatic heterocycles. The van der Waals surface area contributed by atoms with Crippen LogP contribution in [0.4, 0.5) is 14.5 Å². The van der Waals surface area contributed by atoms with Gasteiger partial charge in [-0.05, 0) is 12.1 Å². The van der Waals surface area contributed by atoms with Crippen LogP contribution >= 0.6 is 0 Å². The van der Waals surface area contributed by atoms with E-state index in [0.29, 0.717) is 0 Å². The maximum absolute atomic E-state index is 12.6. The highest BCUT2D eigenvalue weighted by atomic mass is 19.1. The fraction of sp³-hybridized carbons (Fsp3) is 0. The Labute approximate surface area is 62.8 Å². The van der Waals surface area contributed by atoms with Crippen LogP contribution in [0.2, 0.25) is 0 Å². The van der Waals surface area contributed by atoms with Gasteiger partial charge in [0, 0.05) is 5.56 Å². The third-order valence-electron chi connectivity index (χ3n) is 1.25. The standard InChI is InChI=1S/C8H5F2N/c1-2-5-3-6(9)8(11)7(10)4-5/h1,3-4H,11H2. The Morgan fingerprint density at radius 2 is 1.73 bits per heavy atom. The molecule has 0 saturated carbocycles. The van der Waals surface area contributed by atoms with Gasteiger partial charge in [-0.2, -0.15) is 0 Å². The molecule has 1 nitrogen and oxygen atoms in total. The van der Waals surface area contributed by atoms with Crippen LogP contribution in [-0.2, 0) is 0 Å². The minimum atomic E-state index is -0.821. The van der Waals surface area contributed by atoms with E-state index in [2.05, 4.69) is 5.92 Å². The van der Waals surface area contributed by atoms with E-state index in [4.69, 9.17) is 12.2 Å². The molecule has 11 heavy (non-hydrogen) atoms. The Kier molecular flexibility index (Phi) is 1.77. The molecule has 0 bridgehead atoms.